The van der Waals surface area contributed by atoms with Crippen LogP contribution >= 0.6 is 0 Å². The lowest BCUT2D eigenvalue weighted by Crippen LogP contribution is -2.39. The number of ether oxygens (including phenoxy) is 2. The van der Waals surface area contributed by atoms with Crippen LogP contribution < -0.4 is 10.1 Å². The van der Waals surface area contributed by atoms with Gasteiger partial charge in [-0.3, -0.25) is 4.79 Å². The van der Waals surface area contributed by atoms with Gasteiger partial charge in [0.25, 0.3) is 5.91 Å². The highest BCUT2D eigenvalue weighted by atomic mass is 16.5. The van der Waals surface area contributed by atoms with Crippen LogP contribution in [0.25, 0.3) is 0 Å². The van der Waals surface area contributed by atoms with Gasteiger partial charge >= 0.3 is 0 Å². The minimum Gasteiger partial charge on any atom is -0.490 e. The van der Waals surface area contributed by atoms with Gasteiger partial charge in [-0.1, -0.05) is 30.3 Å². The molecule has 6 heteroatoms. The fourth-order valence-electron chi connectivity index (χ4n) is 3.69. The number of carbonyl (C=O) groups excluding carboxylic acids is 1. The van der Waals surface area contributed by atoms with Crippen molar-refractivity contribution >= 4 is 5.91 Å². The first-order valence-electron chi connectivity index (χ1n) is 11.2. The summed E-state index contributed by atoms with van der Waals surface area (Å²) in [5.41, 5.74) is 1.93. The number of amides is 1. The molecular formula is C25H34N2O4. The van der Waals surface area contributed by atoms with Crippen molar-refractivity contribution in [1.29, 1.82) is 0 Å². The second-order valence-corrected chi connectivity index (χ2v) is 7.94. The van der Waals surface area contributed by atoms with Gasteiger partial charge in [-0.2, -0.15) is 0 Å². The van der Waals surface area contributed by atoms with E-state index in [-0.39, 0.29) is 25.2 Å². The summed E-state index contributed by atoms with van der Waals surface area (Å²) < 4.78 is 11.3. The Labute approximate surface area is 185 Å². The average molecular weight is 427 g/mol. The summed E-state index contributed by atoms with van der Waals surface area (Å²) in [4.78, 5) is 14.7. The number of benzene rings is 2. The standard InChI is InChI=1S/C25H34N2O4/c1-2-30-19-22(28)18-26-25(29)21-8-10-23(11-9-21)31-24-13-16-27(17-14-24)15-12-20-6-4-3-5-7-20/h3-11,22,24,28H,2,12-19H2,1H3,(H,26,29)/t22-/m1/s1. The van der Waals surface area contributed by atoms with Crippen molar-refractivity contribution in [2.75, 3.05) is 39.4 Å². The van der Waals surface area contributed by atoms with Crippen molar-refractivity contribution in [3.8, 4) is 5.75 Å². The van der Waals surface area contributed by atoms with Gasteiger partial charge < -0.3 is 24.8 Å². The summed E-state index contributed by atoms with van der Waals surface area (Å²) in [5, 5.41) is 12.5. The van der Waals surface area contributed by atoms with Gasteiger partial charge in [0.1, 0.15) is 11.9 Å². The van der Waals surface area contributed by atoms with E-state index < -0.39 is 6.10 Å². The smallest absolute Gasteiger partial charge is 0.251 e. The highest BCUT2D eigenvalue weighted by Gasteiger charge is 2.20. The van der Waals surface area contributed by atoms with Crippen molar-refractivity contribution in [3.05, 3.63) is 65.7 Å². The fraction of sp³-hybridized carbons (Fsp3) is 0.480. The number of likely N-dealkylation sites (tertiary alicyclic amines) is 1. The molecule has 1 amide bonds. The van der Waals surface area contributed by atoms with Crippen LogP contribution in [0.4, 0.5) is 0 Å². The first kappa shape index (κ1) is 23.3. The molecular weight excluding hydrogens is 392 g/mol. The Morgan fingerprint density at radius 2 is 1.84 bits per heavy atom. The van der Waals surface area contributed by atoms with Gasteiger partial charge in [0.2, 0.25) is 0 Å². The minimum atomic E-state index is -0.704. The molecule has 0 aromatic heterocycles. The number of hydrogen-bond acceptors (Lipinski definition) is 5. The Morgan fingerprint density at radius 3 is 2.52 bits per heavy atom. The summed E-state index contributed by atoms with van der Waals surface area (Å²) in [7, 11) is 0. The quantitative estimate of drug-likeness (QED) is 0.578. The number of piperidine rings is 1. The third-order valence-corrected chi connectivity index (χ3v) is 5.53. The lowest BCUT2D eigenvalue weighted by Gasteiger charge is -2.32. The van der Waals surface area contributed by atoms with E-state index in [1.54, 1.807) is 12.1 Å². The molecule has 1 atom stereocenters. The number of aliphatic hydroxyl groups is 1. The zero-order valence-corrected chi connectivity index (χ0v) is 18.3. The molecule has 0 unspecified atom stereocenters. The molecule has 1 saturated heterocycles. The van der Waals surface area contributed by atoms with E-state index in [1.807, 2.05) is 19.1 Å². The Morgan fingerprint density at radius 1 is 1.13 bits per heavy atom. The van der Waals surface area contributed by atoms with Crippen molar-refractivity contribution in [1.82, 2.24) is 10.2 Å². The Bertz CT molecular complexity index is 774. The third-order valence-electron chi connectivity index (χ3n) is 5.53. The highest BCUT2D eigenvalue weighted by Crippen LogP contribution is 2.20. The molecule has 31 heavy (non-hydrogen) atoms. The van der Waals surface area contributed by atoms with E-state index in [1.165, 1.54) is 5.56 Å². The molecule has 1 aliphatic rings. The van der Waals surface area contributed by atoms with Crippen molar-refractivity contribution in [2.24, 2.45) is 0 Å². The summed E-state index contributed by atoms with van der Waals surface area (Å²) in [6.45, 7) is 5.96. The predicted molar refractivity (Wildman–Crippen MR) is 122 cm³/mol. The highest BCUT2D eigenvalue weighted by molar-refractivity contribution is 5.94. The maximum Gasteiger partial charge on any atom is 0.251 e. The minimum absolute atomic E-state index is 0.167. The second-order valence-electron chi connectivity index (χ2n) is 7.94. The van der Waals surface area contributed by atoms with E-state index in [2.05, 4.69) is 40.5 Å². The Hall–Kier alpha value is -2.41. The molecule has 2 aromatic carbocycles. The molecule has 0 aliphatic carbocycles. The second kappa shape index (κ2) is 12.4. The van der Waals surface area contributed by atoms with Gasteiger partial charge in [0.05, 0.1) is 12.7 Å². The van der Waals surface area contributed by atoms with Gasteiger partial charge in [-0.25, -0.2) is 0 Å². The molecule has 6 nitrogen and oxygen atoms in total. The molecule has 1 fully saturated rings. The largest absolute Gasteiger partial charge is 0.490 e. The van der Waals surface area contributed by atoms with Crippen molar-refractivity contribution in [3.63, 3.8) is 0 Å². The normalized spacial score (nSPS) is 16.1. The lowest BCUT2D eigenvalue weighted by atomic mass is 10.1. The summed E-state index contributed by atoms with van der Waals surface area (Å²) >= 11 is 0. The van der Waals surface area contributed by atoms with Crippen LogP contribution in [0, 0.1) is 0 Å². The summed E-state index contributed by atoms with van der Waals surface area (Å²) in [5.74, 6) is 0.574. The van der Waals surface area contributed by atoms with E-state index in [4.69, 9.17) is 9.47 Å². The number of nitrogens with one attached hydrogen (secondary N) is 1. The van der Waals surface area contributed by atoms with Gasteiger partial charge in [-0.15, -0.1) is 0 Å². The van der Waals surface area contributed by atoms with Crippen molar-refractivity contribution < 1.29 is 19.4 Å². The van der Waals surface area contributed by atoms with E-state index in [9.17, 15) is 9.90 Å². The maximum absolute atomic E-state index is 12.2. The predicted octanol–water partition coefficient (Wildman–Crippen LogP) is 2.90. The molecule has 0 spiro atoms. The first-order chi connectivity index (χ1) is 15.1. The van der Waals surface area contributed by atoms with Gasteiger partial charge in [-0.05, 0) is 56.0 Å². The Kier molecular flexibility index (Phi) is 9.34. The lowest BCUT2D eigenvalue weighted by molar-refractivity contribution is 0.0418. The molecule has 1 aliphatic heterocycles. The monoisotopic (exact) mass is 426 g/mol. The number of aliphatic hydroxyl groups excluding tert-OH is 1. The molecule has 3 rings (SSSR count). The first-order valence-corrected chi connectivity index (χ1v) is 11.2. The van der Waals surface area contributed by atoms with Crippen LogP contribution in [0.5, 0.6) is 5.75 Å². The van der Waals surface area contributed by atoms with Crippen molar-refractivity contribution in [2.45, 2.75) is 38.4 Å². The molecule has 2 aromatic rings. The fourth-order valence-corrected chi connectivity index (χ4v) is 3.69. The number of rotatable bonds is 11. The van der Waals surface area contributed by atoms with Crippen LogP contribution in [0.3, 0.4) is 0 Å². The molecule has 2 N–H and O–H groups in total. The summed E-state index contributed by atoms with van der Waals surface area (Å²) in [6.07, 6.45) is 2.61. The zero-order valence-electron chi connectivity index (χ0n) is 18.3. The van der Waals surface area contributed by atoms with Crippen LogP contribution in [-0.4, -0.2) is 67.5 Å². The molecule has 1 heterocycles. The Balaban J connectivity index is 1.37. The molecule has 0 bridgehead atoms. The number of nitrogens with zero attached hydrogens (tertiary/aromatic N) is 1. The van der Waals surface area contributed by atoms with E-state index in [0.29, 0.717) is 12.2 Å². The average Bonchev–Trinajstić information content (AvgIpc) is 2.82. The molecule has 0 radical (unpaired) electrons. The van der Waals surface area contributed by atoms with Gasteiger partial charge in [0.15, 0.2) is 0 Å². The molecule has 0 saturated carbocycles. The molecule has 168 valence electrons. The van der Waals surface area contributed by atoms with Crippen LogP contribution in [-0.2, 0) is 11.2 Å². The number of hydrogen-bond donors (Lipinski definition) is 2. The van der Waals surface area contributed by atoms with Crippen LogP contribution in [0.15, 0.2) is 54.6 Å². The zero-order chi connectivity index (χ0) is 21.9. The van der Waals surface area contributed by atoms with Crippen LogP contribution in [0.2, 0.25) is 0 Å². The SMILES string of the molecule is CCOC[C@H](O)CNC(=O)c1ccc(OC2CCN(CCc3ccccc3)CC2)cc1. The van der Waals surface area contributed by atoms with Gasteiger partial charge in [0, 0.05) is 38.3 Å². The summed E-state index contributed by atoms with van der Waals surface area (Å²) in [6, 6.07) is 17.8. The van der Waals surface area contributed by atoms with Crippen LogP contribution in [0.1, 0.15) is 35.7 Å². The van der Waals surface area contributed by atoms with E-state index in [0.717, 1.165) is 44.6 Å². The topological polar surface area (TPSA) is 71.0 Å². The maximum atomic E-state index is 12.2. The third kappa shape index (κ3) is 7.98. The number of carbonyl (C=O) groups is 1. The van der Waals surface area contributed by atoms with E-state index >= 15 is 0 Å².